The standard InChI is InChI=1S/C17H15NO3/c1-3-14(19)13-6-4-5-7-15(13)21-16-9-8-12(11-18)10-17(16)20-2/h4-10H,3H2,1-2H3. The van der Waals surface area contributed by atoms with Crippen LogP contribution in [-0.2, 0) is 0 Å². The van der Waals surface area contributed by atoms with E-state index in [0.29, 0.717) is 34.8 Å². The number of methoxy groups -OCH3 is 1. The van der Waals surface area contributed by atoms with Crippen LogP contribution >= 0.6 is 0 Å². The van der Waals surface area contributed by atoms with E-state index in [1.54, 1.807) is 49.4 Å². The van der Waals surface area contributed by atoms with Gasteiger partial charge in [0.05, 0.1) is 24.3 Å². The quantitative estimate of drug-likeness (QED) is 0.778. The van der Waals surface area contributed by atoms with Gasteiger partial charge in [0, 0.05) is 12.5 Å². The third kappa shape index (κ3) is 3.21. The summed E-state index contributed by atoms with van der Waals surface area (Å²) in [5.74, 6) is 1.41. The minimum absolute atomic E-state index is 0.0122. The van der Waals surface area contributed by atoms with Crippen molar-refractivity contribution < 1.29 is 14.3 Å². The highest BCUT2D eigenvalue weighted by Crippen LogP contribution is 2.34. The van der Waals surface area contributed by atoms with Crippen LogP contribution in [0.4, 0.5) is 0 Å². The van der Waals surface area contributed by atoms with Crippen LogP contribution in [0.1, 0.15) is 29.3 Å². The molecule has 2 aromatic rings. The molecule has 0 atom stereocenters. The molecule has 0 saturated heterocycles. The largest absolute Gasteiger partial charge is 0.493 e. The normalized spacial score (nSPS) is 9.76. The maximum absolute atomic E-state index is 11.9. The number of benzene rings is 2. The molecule has 4 heteroatoms. The van der Waals surface area contributed by atoms with Crippen LogP contribution in [0.3, 0.4) is 0 Å². The molecule has 0 unspecified atom stereocenters. The highest BCUT2D eigenvalue weighted by molar-refractivity contribution is 5.98. The lowest BCUT2D eigenvalue weighted by Gasteiger charge is -2.13. The van der Waals surface area contributed by atoms with E-state index in [2.05, 4.69) is 0 Å². The van der Waals surface area contributed by atoms with Gasteiger partial charge in [-0.25, -0.2) is 0 Å². The number of nitrogens with zero attached hydrogens (tertiary/aromatic N) is 1. The Bertz CT molecular complexity index is 701. The molecular formula is C17H15NO3. The molecule has 4 nitrogen and oxygen atoms in total. The summed E-state index contributed by atoms with van der Waals surface area (Å²) in [4.78, 5) is 11.9. The van der Waals surface area contributed by atoms with E-state index in [4.69, 9.17) is 14.7 Å². The Morgan fingerprint density at radius 3 is 2.57 bits per heavy atom. The molecule has 0 fully saturated rings. The van der Waals surface area contributed by atoms with Gasteiger partial charge in [-0.1, -0.05) is 19.1 Å². The molecule has 0 aromatic heterocycles. The number of Topliss-reactive ketones (excluding diaryl/α,β-unsaturated/α-hetero) is 1. The fourth-order valence-corrected chi connectivity index (χ4v) is 1.92. The number of ether oxygens (including phenoxy) is 2. The number of hydrogen-bond acceptors (Lipinski definition) is 4. The molecule has 0 heterocycles. The molecule has 0 aliphatic carbocycles. The summed E-state index contributed by atoms with van der Waals surface area (Å²) in [5, 5.41) is 8.90. The van der Waals surface area contributed by atoms with Crippen molar-refractivity contribution in [3.05, 3.63) is 53.6 Å². The van der Waals surface area contributed by atoms with Gasteiger partial charge in [0.15, 0.2) is 17.3 Å². The number of rotatable bonds is 5. The zero-order chi connectivity index (χ0) is 15.2. The Labute approximate surface area is 123 Å². The summed E-state index contributed by atoms with van der Waals surface area (Å²) in [7, 11) is 1.51. The smallest absolute Gasteiger partial charge is 0.169 e. The molecule has 0 spiro atoms. The van der Waals surface area contributed by atoms with E-state index in [1.165, 1.54) is 7.11 Å². The first-order chi connectivity index (χ1) is 10.2. The van der Waals surface area contributed by atoms with E-state index in [9.17, 15) is 4.79 Å². The predicted molar refractivity (Wildman–Crippen MR) is 78.8 cm³/mol. The van der Waals surface area contributed by atoms with Gasteiger partial charge >= 0.3 is 0 Å². The van der Waals surface area contributed by atoms with Crippen molar-refractivity contribution in [2.75, 3.05) is 7.11 Å². The maximum Gasteiger partial charge on any atom is 0.169 e. The summed E-state index contributed by atoms with van der Waals surface area (Å²) in [6.07, 6.45) is 0.408. The first-order valence-electron chi connectivity index (χ1n) is 6.57. The zero-order valence-electron chi connectivity index (χ0n) is 11.9. The van der Waals surface area contributed by atoms with Crippen molar-refractivity contribution in [1.29, 1.82) is 5.26 Å². The molecule has 2 aromatic carbocycles. The van der Waals surface area contributed by atoms with E-state index in [-0.39, 0.29) is 5.78 Å². The van der Waals surface area contributed by atoms with Crippen molar-refractivity contribution in [1.82, 2.24) is 0 Å². The molecule has 106 valence electrons. The topological polar surface area (TPSA) is 59.3 Å². The summed E-state index contributed by atoms with van der Waals surface area (Å²) < 4.78 is 11.0. The van der Waals surface area contributed by atoms with Crippen molar-refractivity contribution >= 4 is 5.78 Å². The van der Waals surface area contributed by atoms with Crippen molar-refractivity contribution in [3.63, 3.8) is 0 Å². The summed E-state index contributed by atoms with van der Waals surface area (Å²) in [5.41, 5.74) is 1.02. The number of nitriles is 1. The number of ketones is 1. The second kappa shape index (κ2) is 6.58. The second-order valence-corrected chi connectivity index (χ2v) is 4.35. The third-order valence-corrected chi connectivity index (χ3v) is 3.02. The molecular weight excluding hydrogens is 266 g/mol. The fourth-order valence-electron chi connectivity index (χ4n) is 1.92. The Hall–Kier alpha value is -2.80. The minimum Gasteiger partial charge on any atom is -0.493 e. The van der Waals surface area contributed by atoms with Gasteiger partial charge in [-0.3, -0.25) is 4.79 Å². The van der Waals surface area contributed by atoms with Crippen LogP contribution in [0.2, 0.25) is 0 Å². The van der Waals surface area contributed by atoms with Gasteiger partial charge in [-0.05, 0) is 24.3 Å². The lowest BCUT2D eigenvalue weighted by atomic mass is 10.1. The molecule has 0 saturated carbocycles. The molecule has 21 heavy (non-hydrogen) atoms. The molecule has 0 aliphatic heterocycles. The number of carbonyl (C=O) groups excluding carboxylic acids is 1. The van der Waals surface area contributed by atoms with Crippen LogP contribution in [0.15, 0.2) is 42.5 Å². The van der Waals surface area contributed by atoms with E-state index in [0.717, 1.165) is 0 Å². The van der Waals surface area contributed by atoms with E-state index >= 15 is 0 Å². The van der Waals surface area contributed by atoms with Crippen LogP contribution in [-0.4, -0.2) is 12.9 Å². The molecule has 0 radical (unpaired) electrons. The maximum atomic E-state index is 11.9. The average molecular weight is 281 g/mol. The Balaban J connectivity index is 2.39. The predicted octanol–water partition coefficient (Wildman–Crippen LogP) is 3.95. The number of para-hydroxylation sites is 1. The molecule has 0 bridgehead atoms. The van der Waals surface area contributed by atoms with E-state index in [1.807, 2.05) is 6.07 Å². The first-order valence-corrected chi connectivity index (χ1v) is 6.57. The third-order valence-electron chi connectivity index (χ3n) is 3.02. The van der Waals surface area contributed by atoms with Gasteiger partial charge in [-0.15, -0.1) is 0 Å². The van der Waals surface area contributed by atoms with Gasteiger partial charge in [0.2, 0.25) is 0 Å². The fraction of sp³-hybridized carbons (Fsp3) is 0.176. The van der Waals surface area contributed by atoms with Gasteiger partial charge in [0.25, 0.3) is 0 Å². The monoisotopic (exact) mass is 281 g/mol. The molecule has 0 amide bonds. The SMILES string of the molecule is CCC(=O)c1ccccc1Oc1ccc(C#N)cc1OC. The van der Waals surface area contributed by atoms with Gasteiger partial charge in [-0.2, -0.15) is 5.26 Å². The summed E-state index contributed by atoms with van der Waals surface area (Å²) in [6, 6.07) is 14.0. The van der Waals surface area contributed by atoms with Crippen molar-refractivity contribution in [2.45, 2.75) is 13.3 Å². The Kier molecular flexibility index (Phi) is 4.57. The van der Waals surface area contributed by atoms with E-state index < -0.39 is 0 Å². The van der Waals surface area contributed by atoms with Crippen molar-refractivity contribution in [3.8, 4) is 23.3 Å². The van der Waals surface area contributed by atoms with Gasteiger partial charge in [0.1, 0.15) is 5.75 Å². The van der Waals surface area contributed by atoms with Crippen LogP contribution in [0.5, 0.6) is 17.2 Å². The summed E-state index contributed by atoms with van der Waals surface area (Å²) in [6.45, 7) is 1.81. The zero-order valence-corrected chi connectivity index (χ0v) is 11.9. The van der Waals surface area contributed by atoms with Crippen LogP contribution < -0.4 is 9.47 Å². The molecule has 0 aliphatic rings. The lowest BCUT2D eigenvalue weighted by molar-refractivity contribution is 0.0986. The highest BCUT2D eigenvalue weighted by Gasteiger charge is 2.13. The minimum atomic E-state index is 0.0122. The van der Waals surface area contributed by atoms with Crippen molar-refractivity contribution in [2.24, 2.45) is 0 Å². The molecule has 0 N–H and O–H groups in total. The summed E-state index contributed by atoms with van der Waals surface area (Å²) >= 11 is 0. The van der Waals surface area contributed by atoms with Crippen LogP contribution in [0.25, 0.3) is 0 Å². The first kappa shape index (κ1) is 14.6. The second-order valence-electron chi connectivity index (χ2n) is 4.35. The number of carbonyl (C=O) groups is 1. The number of hydrogen-bond donors (Lipinski definition) is 0. The molecule has 2 rings (SSSR count). The lowest BCUT2D eigenvalue weighted by Crippen LogP contribution is -2.00. The Morgan fingerprint density at radius 1 is 1.14 bits per heavy atom. The van der Waals surface area contributed by atoms with Gasteiger partial charge < -0.3 is 9.47 Å². The Morgan fingerprint density at radius 2 is 1.90 bits per heavy atom. The van der Waals surface area contributed by atoms with Crippen LogP contribution in [0, 0.1) is 11.3 Å². The average Bonchev–Trinajstić information content (AvgIpc) is 2.55. The highest BCUT2D eigenvalue weighted by atomic mass is 16.5.